The molecule has 2 heteroatoms. The van der Waals surface area contributed by atoms with E-state index in [1.807, 2.05) is 7.11 Å². The van der Waals surface area contributed by atoms with E-state index in [4.69, 9.17) is 4.74 Å². The zero-order valence-corrected chi connectivity index (χ0v) is 13.7. The fraction of sp³-hybridized carbons (Fsp3) is 1.00. The highest BCUT2D eigenvalue weighted by molar-refractivity contribution is 4.98. The third-order valence-corrected chi connectivity index (χ3v) is 6.71. The average Bonchev–Trinajstić information content (AvgIpc) is 2.45. The molecule has 0 amide bonds. The maximum atomic E-state index is 5.48. The van der Waals surface area contributed by atoms with E-state index < -0.39 is 0 Å². The lowest BCUT2D eigenvalue weighted by atomic mass is 9.61. The Morgan fingerprint density at radius 1 is 1.00 bits per heavy atom. The Morgan fingerprint density at radius 2 is 1.60 bits per heavy atom. The predicted molar refractivity (Wildman–Crippen MR) is 83.9 cm³/mol. The minimum Gasteiger partial charge on any atom is -0.381 e. The first-order valence-electron chi connectivity index (χ1n) is 8.89. The number of piperidine rings is 1. The molecular formula is C18H33NO. The number of hydrogen-bond donors (Lipinski definition) is 0. The maximum Gasteiger partial charge on any atom is 0.0582 e. The van der Waals surface area contributed by atoms with Crippen LogP contribution in [0, 0.1) is 17.3 Å². The van der Waals surface area contributed by atoms with E-state index in [1.165, 1.54) is 64.5 Å². The van der Waals surface area contributed by atoms with Gasteiger partial charge in [0.05, 0.1) is 6.10 Å². The van der Waals surface area contributed by atoms with Crippen molar-refractivity contribution in [3.8, 4) is 0 Å². The fourth-order valence-corrected chi connectivity index (χ4v) is 4.98. The molecule has 3 aliphatic rings. The zero-order valence-electron chi connectivity index (χ0n) is 13.7. The van der Waals surface area contributed by atoms with E-state index in [0.717, 1.165) is 17.9 Å². The van der Waals surface area contributed by atoms with E-state index in [9.17, 15) is 0 Å². The summed E-state index contributed by atoms with van der Waals surface area (Å²) in [7, 11) is 1.87. The van der Waals surface area contributed by atoms with E-state index >= 15 is 0 Å². The van der Waals surface area contributed by atoms with Crippen LogP contribution in [0.3, 0.4) is 0 Å². The number of rotatable bonds is 3. The summed E-state index contributed by atoms with van der Waals surface area (Å²) in [6.45, 7) is 7.51. The monoisotopic (exact) mass is 279 g/mol. The summed E-state index contributed by atoms with van der Waals surface area (Å²) in [6.07, 6.45) is 11.9. The van der Waals surface area contributed by atoms with Crippen LogP contribution in [0.2, 0.25) is 0 Å². The molecular weight excluding hydrogens is 246 g/mol. The normalized spacial score (nSPS) is 35.4. The third-order valence-electron chi connectivity index (χ3n) is 6.71. The van der Waals surface area contributed by atoms with Gasteiger partial charge in [0, 0.05) is 13.2 Å². The van der Waals surface area contributed by atoms with Crippen molar-refractivity contribution in [2.75, 3.05) is 20.2 Å². The molecule has 0 unspecified atom stereocenters. The summed E-state index contributed by atoms with van der Waals surface area (Å²) in [4.78, 5) is 2.82. The Bertz CT molecular complexity index is 303. The molecule has 2 nitrogen and oxygen atoms in total. The second-order valence-electron chi connectivity index (χ2n) is 8.11. The summed E-state index contributed by atoms with van der Waals surface area (Å²) in [6, 6.07) is 0.903. The number of ether oxygens (including phenoxy) is 1. The highest BCUT2D eigenvalue weighted by Gasteiger charge is 2.46. The van der Waals surface area contributed by atoms with Gasteiger partial charge in [-0.3, -0.25) is 0 Å². The first-order chi connectivity index (χ1) is 9.62. The van der Waals surface area contributed by atoms with Crippen LogP contribution < -0.4 is 0 Å². The van der Waals surface area contributed by atoms with Gasteiger partial charge in [-0.2, -0.15) is 0 Å². The van der Waals surface area contributed by atoms with Crippen molar-refractivity contribution in [2.24, 2.45) is 17.3 Å². The number of nitrogens with zero attached hydrogens (tertiary/aromatic N) is 1. The van der Waals surface area contributed by atoms with E-state index in [0.29, 0.717) is 11.5 Å². The van der Waals surface area contributed by atoms with Crippen molar-refractivity contribution in [2.45, 2.75) is 77.4 Å². The summed E-state index contributed by atoms with van der Waals surface area (Å²) >= 11 is 0. The summed E-state index contributed by atoms with van der Waals surface area (Å²) < 4.78 is 5.48. The van der Waals surface area contributed by atoms with Gasteiger partial charge in [0.2, 0.25) is 0 Å². The summed E-state index contributed by atoms with van der Waals surface area (Å²) in [5, 5.41) is 0. The Labute approximate surface area is 125 Å². The molecule has 3 rings (SSSR count). The molecule has 2 aliphatic carbocycles. The molecule has 0 aromatic rings. The van der Waals surface area contributed by atoms with Crippen molar-refractivity contribution in [3.05, 3.63) is 0 Å². The standard InChI is InChI=1S/C18H33NO/c1-14(2)15-4-6-16(7-5-15)19-10-8-18(9-11-19)12-17(13-18)20-3/h14-17H,4-13H2,1-3H3. The van der Waals surface area contributed by atoms with Crippen molar-refractivity contribution in [1.82, 2.24) is 4.90 Å². The third kappa shape index (κ3) is 2.92. The lowest BCUT2D eigenvalue weighted by Gasteiger charge is -2.53. The second-order valence-corrected chi connectivity index (χ2v) is 8.11. The van der Waals surface area contributed by atoms with Crippen LogP contribution in [-0.4, -0.2) is 37.2 Å². The van der Waals surface area contributed by atoms with E-state index in [-0.39, 0.29) is 0 Å². The van der Waals surface area contributed by atoms with Crippen molar-refractivity contribution >= 4 is 0 Å². The Kier molecular flexibility index (Phi) is 4.42. The van der Waals surface area contributed by atoms with Gasteiger partial charge in [-0.05, 0) is 81.7 Å². The molecule has 0 bridgehead atoms. The minimum atomic E-state index is 0.572. The summed E-state index contributed by atoms with van der Waals surface area (Å²) in [5.41, 5.74) is 0.673. The predicted octanol–water partition coefficient (Wildman–Crippen LogP) is 4.09. The maximum absolute atomic E-state index is 5.48. The molecule has 1 saturated heterocycles. The second kappa shape index (κ2) is 5.96. The summed E-state index contributed by atoms with van der Waals surface area (Å²) in [5.74, 6) is 1.89. The lowest BCUT2D eigenvalue weighted by molar-refractivity contribution is -0.0937. The SMILES string of the molecule is COC1CC2(CCN(C3CCC(C(C)C)CC3)CC2)C1. The Hall–Kier alpha value is -0.0800. The molecule has 3 fully saturated rings. The van der Waals surface area contributed by atoms with Gasteiger partial charge < -0.3 is 9.64 Å². The first kappa shape index (κ1) is 14.8. The van der Waals surface area contributed by atoms with Crippen LogP contribution in [0.5, 0.6) is 0 Å². The molecule has 1 spiro atoms. The van der Waals surface area contributed by atoms with Crippen LogP contribution in [0.4, 0.5) is 0 Å². The van der Waals surface area contributed by atoms with Crippen LogP contribution in [-0.2, 0) is 4.74 Å². The Balaban J connectivity index is 1.43. The van der Waals surface area contributed by atoms with Gasteiger partial charge in [0.15, 0.2) is 0 Å². The minimum absolute atomic E-state index is 0.572. The van der Waals surface area contributed by atoms with E-state index in [1.54, 1.807) is 0 Å². The van der Waals surface area contributed by atoms with Crippen LogP contribution >= 0.6 is 0 Å². The van der Waals surface area contributed by atoms with Crippen LogP contribution in [0.15, 0.2) is 0 Å². The van der Waals surface area contributed by atoms with Gasteiger partial charge in [-0.25, -0.2) is 0 Å². The molecule has 0 aromatic carbocycles. The first-order valence-corrected chi connectivity index (χ1v) is 8.89. The highest BCUT2D eigenvalue weighted by Crippen LogP contribution is 2.50. The fourth-order valence-electron chi connectivity index (χ4n) is 4.98. The van der Waals surface area contributed by atoms with Gasteiger partial charge in [0.25, 0.3) is 0 Å². The van der Waals surface area contributed by atoms with Crippen LogP contribution in [0.1, 0.15) is 65.2 Å². The molecule has 116 valence electrons. The Morgan fingerprint density at radius 3 is 2.10 bits per heavy atom. The van der Waals surface area contributed by atoms with Crippen molar-refractivity contribution in [3.63, 3.8) is 0 Å². The van der Waals surface area contributed by atoms with E-state index in [2.05, 4.69) is 18.7 Å². The van der Waals surface area contributed by atoms with Gasteiger partial charge in [-0.15, -0.1) is 0 Å². The molecule has 2 saturated carbocycles. The molecule has 0 N–H and O–H groups in total. The smallest absolute Gasteiger partial charge is 0.0582 e. The van der Waals surface area contributed by atoms with Gasteiger partial charge >= 0.3 is 0 Å². The van der Waals surface area contributed by atoms with Gasteiger partial charge in [0.1, 0.15) is 0 Å². The molecule has 1 heterocycles. The molecule has 20 heavy (non-hydrogen) atoms. The molecule has 0 radical (unpaired) electrons. The van der Waals surface area contributed by atoms with Crippen molar-refractivity contribution < 1.29 is 4.74 Å². The topological polar surface area (TPSA) is 12.5 Å². The lowest BCUT2D eigenvalue weighted by Crippen LogP contribution is -2.52. The largest absolute Gasteiger partial charge is 0.381 e. The molecule has 1 aliphatic heterocycles. The quantitative estimate of drug-likeness (QED) is 0.771. The number of likely N-dealkylation sites (tertiary alicyclic amines) is 1. The van der Waals surface area contributed by atoms with Gasteiger partial charge in [-0.1, -0.05) is 13.8 Å². The molecule has 0 aromatic heterocycles. The number of hydrogen-bond acceptors (Lipinski definition) is 2. The molecule has 0 atom stereocenters. The van der Waals surface area contributed by atoms with Crippen LogP contribution in [0.25, 0.3) is 0 Å². The average molecular weight is 279 g/mol. The zero-order chi connectivity index (χ0) is 14.2. The number of methoxy groups -OCH3 is 1. The highest BCUT2D eigenvalue weighted by atomic mass is 16.5. The van der Waals surface area contributed by atoms with Crippen molar-refractivity contribution in [1.29, 1.82) is 0 Å².